The molecule has 0 atom stereocenters. The van der Waals surface area contributed by atoms with Crippen LogP contribution in [0.1, 0.15) is 10.4 Å². The Morgan fingerprint density at radius 3 is 2.57 bits per heavy atom. The quantitative estimate of drug-likeness (QED) is 0.777. The normalized spacial score (nSPS) is 15.7. The van der Waals surface area contributed by atoms with Crippen LogP contribution in [0.15, 0.2) is 42.5 Å². The molecule has 2 heterocycles. The van der Waals surface area contributed by atoms with Gasteiger partial charge in [0, 0.05) is 18.1 Å². The Labute approximate surface area is 178 Å². The maximum atomic E-state index is 13.2. The van der Waals surface area contributed by atoms with Crippen LogP contribution in [-0.4, -0.2) is 62.0 Å². The van der Waals surface area contributed by atoms with Gasteiger partial charge in [0.1, 0.15) is 0 Å². The second kappa shape index (κ2) is 8.83. The maximum absolute atomic E-state index is 13.2. The molecule has 1 saturated heterocycles. The summed E-state index contributed by atoms with van der Waals surface area (Å²) < 4.78 is 5.25. The van der Waals surface area contributed by atoms with Gasteiger partial charge in [0.25, 0.3) is 5.91 Å². The Morgan fingerprint density at radius 2 is 1.77 bits per heavy atom. The number of anilines is 3. The Bertz CT molecular complexity index is 991. The number of hydrogen-bond acceptors (Lipinski definition) is 5. The zero-order chi connectivity index (χ0) is 21.1. The second-order valence-electron chi connectivity index (χ2n) is 6.96. The average Bonchev–Trinajstić information content (AvgIpc) is 2.88. The molecule has 2 aromatic carbocycles. The molecule has 0 radical (unpaired) electrons. The van der Waals surface area contributed by atoms with E-state index in [2.05, 4.69) is 10.6 Å². The highest BCUT2D eigenvalue weighted by molar-refractivity contribution is 6.31. The van der Waals surface area contributed by atoms with Gasteiger partial charge in [-0.1, -0.05) is 23.7 Å². The summed E-state index contributed by atoms with van der Waals surface area (Å²) in [6, 6.07) is 11.8. The van der Waals surface area contributed by atoms with Crippen LogP contribution in [0, 0.1) is 0 Å². The number of nitrogens with one attached hydrogen (secondary N) is 2. The van der Waals surface area contributed by atoms with E-state index in [0.717, 1.165) is 0 Å². The van der Waals surface area contributed by atoms with Crippen molar-refractivity contribution < 1.29 is 19.1 Å². The standard InChI is InChI=1S/C21H21ClN4O4/c22-14-5-6-18-16(11-14)24-21(29)15-3-1-2-4-17(15)26(18)20(28)13-23-12-19(27)25-7-9-30-10-8-25/h1-6,11,23H,7-10,12-13H2,(H,24,29). The predicted molar refractivity (Wildman–Crippen MR) is 113 cm³/mol. The van der Waals surface area contributed by atoms with E-state index in [1.54, 1.807) is 47.4 Å². The first-order valence-corrected chi connectivity index (χ1v) is 10.0. The Balaban J connectivity index is 1.54. The van der Waals surface area contributed by atoms with Gasteiger partial charge in [-0.25, -0.2) is 0 Å². The fraction of sp³-hybridized carbons (Fsp3) is 0.286. The van der Waals surface area contributed by atoms with E-state index in [1.807, 2.05) is 0 Å². The zero-order valence-electron chi connectivity index (χ0n) is 16.2. The lowest BCUT2D eigenvalue weighted by molar-refractivity contribution is -0.134. The number of carbonyl (C=O) groups is 3. The van der Waals surface area contributed by atoms with Crippen LogP contribution in [-0.2, 0) is 14.3 Å². The van der Waals surface area contributed by atoms with Crippen LogP contribution < -0.4 is 15.5 Å². The number of hydrogen-bond donors (Lipinski definition) is 2. The summed E-state index contributed by atoms with van der Waals surface area (Å²) in [6.45, 7) is 2.13. The lowest BCUT2D eigenvalue weighted by Gasteiger charge is -2.27. The van der Waals surface area contributed by atoms with Gasteiger partial charge >= 0.3 is 0 Å². The molecule has 0 unspecified atom stereocenters. The van der Waals surface area contributed by atoms with E-state index >= 15 is 0 Å². The molecule has 8 nitrogen and oxygen atoms in total. The van der Waals surface area contributed by atoms with Crippen LogP contribution in [0.5, 0.6) is 0 Å². The van der Waals surface area contributed by atoms with Crippen LogP contribution in [0.2, 0.25) is 5.02 Å². The minimum absolute atomic E-state index is 0.0475. The first-order chi connectivity index (χ1) is 14.5. The number of nitrogens with zero attached hydrogens (tertiary/aromatic N) is 2. The minimum Gasteiger partial charge on any atom is -0.378 e. The maximum Gasteiger partial charge on any atom is 0.257 e. The zero-order valence-corrected chi connectivity index (χ0v) is 16.9. The second-order valence-corrected chi connectivity index (χ2v) is 7.40. The van der Waals surface area contributed by atoms with Crippen molar-refractivity contribution in [2.24, 2.45) is 0 Å². The van der Waals surface area contributed by atoms with Crippen molar-refractivity contribution in [2.45, 2.75) is 0 Å². The molecule has 1 fully saturated rings. The number of fused-ring (bicyclic) bond motifs is 2. The highest BCUT2D eigenvalue weighted by atomic mass is 35.5. The van der Waals surface area contributed by atoms with Crippen molar-refractivity contribution in [3.05, 3.63) is 53.1 Å². The third-order valence-corrected chi connectivity index (χ3v) is 5.24. The van der Waals surface area contributed by atoms with Gasteiger partial charge in [0.15, 0.2) is 0 Å². The van der Waals surface area contributed by atoms with Crippen LogP contribution in [0.25, 0.3) is 0 Å². The number of halogens is 1. The van der Waals surface area contributed by atoms with E-state index in [4.69, 9.17) is 16.3 Å². The van der Waals surface area contributed by atoms with Crippen molar-refractivity contribution in [1.29, 1.82) is 0 Å². The molecule has 30 heavy (non-hydrogen) atoms. The fourth-order valence-electron chi connectivity index (χ4n) is 3.53. The number of amides is 3. The summed E-state index contributed by atoms with van der Waals surface area (Å²) in [4.78, 5) is 41.3. The predicted octanol–water partition coefficient (Wildman–Crippen LogP) is 2.02. The van der Waals surface area contributed by atoms with Crippen molar-refractivity contribution in [2.75, 3.05) is 49.6 Å². The molecule has 4 rings (SSSR count). The highest BCUT2D eigenvalue weighted by Gasteiger charge is 2.29. The van der Waals surface area contributed by atoms with Gasteiger partial charge in [-0.05, 0) is 30.3 Å². The molecule has 0 saturated carbocycles. The fourth-order valence-corrected chi connectivity index (χ4v) is 3.70. The van der Waals surface area contributed by atoms with Crippen LogP contribution in [0.3, 0.4) is 0 Å². The first kappa shape index (κ1) is 20.3. The van der Waals surface area contributed by atoms with Crippen molar-refractivity contribution >= 4 is 46.4 Å². The summed E-state index contributed by atoms with van der Waals surface area (Å²) in [5, 5.41) is 6.19. The summed E-state index contributed by atoms with van der Waals surface area (Å²) >= 11 is 6.09. The first-order valence-electron chi connectivity index (χ1n) is 9.64. The number of para-hydroxylation sites is 1. The van der Waals surface area contributed by atoms with E-state index in [1.165, 1.54) is 4.90 Å². The highest BCUT2D eigenvalue weighted by Crippen LogP contribution is 2.39. The lowest BCUT2D eigenvalue weighted by atomic mass is 10.1. The van der Waals surface area contributed by atoms with Gasteiger partial charge in [-0.3, -0.25) is 24.6 Å². The average molecular weight is 429 g/mol. The van der Waals surface area contributed by atoms with Gasteiger partial charge in [-0.2, -0.15) is 0 Å². The molecule has 0 aromatic heterocycles. The molecule has 3 amide bonds. The van der Waals surface area contributed by atoms with Crippen LogP contribution in [0.4, 0.5) is 17.1 Å². The Morgan fingerprint density at radius 1 is 1.03 bits per heavy atom. The molecule has 156 valence electrons. The molecule has 0 aliphatic carbocycles. The molecule has 9 heteroatoms. The monoisotopic (exact) mass is 428 g/mol. The van der Waals surface area contributed by atoms with Gasteiger partial charge in [0.2, 0.25) is 11.8 Å². The SMILES string of the molecule is O=C1Nc2cc(Cl)ccc2N(C(=O)CNCC(=O)N2CCOCC2)c2ccccc21. The van der Waals surface area contributed by atoms with E-state index < -0.39 is 0 Å². The minimum atomic E-state index is -0.320. The molecule has 2 aliphatic rings. The topological polar surface area (TPSA) is 91.0 Å². The van der Waals surface area contributed by atoms with Crippen molar-refractivity contribution in [3.8, 4) is 0 Å². The summed E-state index contributed by atoms with van der Waals surface area (Å²) in [5.74, 6) is -0.691. The molecule has 2 aliphatic heterocycles. The molecule has 2 aromatic rings. The number of benzene rings is 2. The van der Waals surface area contributed by atoms with Gasteiger partial charge in [0.05, 0.1) is 48.9 Å². The van der Waals surface area contributed by atoms with E-state index in [-0.39, 0.29) is 30.8 Å². The Kier molecular flexibility index (Phi) is 5.98. The smallest absolute Gasteiger partial charge is 0.257 e. The third-order valence-electron chi connectivity index (χ3n) is 5.00. The largest absolute Gasteiger partial charge is 0.378 e. The Hall–Kier alpha value is -2.94. The molecule has 0 bridgehead atoms. The number of rotatable bonds is 4. The molecule has 2 N–H and O–H groups in total. The number of ether oxygens (including phenoxy) is 1. The molecular formula is C21H21ClN4O4. The third kappa shape index (κ3) is 4.16. The molecule has 0 spiro atoms. The van der Waals surface area contributed by atoms with Gasteiger partial charge in [-0.15, -0.1) is 0 Å². The summed E-state index contributed by atoms with van der Waals surface area (Å²) in [5.41, 5.74) is 1.82. The van der Waals surface area contributed by atoms with E-state index in [0.29, 0.717) is 54.0 Å². The number of morpholine rings is 1. The van der Waals surface area contributed by atoms with E-state index in [9.17, 15) is 14.4 Å². The summed E-state index contributed by atoms with van der Waals surface area (Å²) in [7, 11) is 0. The van der Waals surface area contributed by atoms with Crippen molar-refractivity contribution in [1.82, 2.24) is 10.2 Å². The lowest BCUT2D eigenvalue weighted by Crippen LogP contribution is -2.46. The number of carbonyl (C=O) groups excluding carboxylic acids is 3. The van der Waals surface area contributed by atoms with Crippen LogP contribution >= 0.6 is 11.6 Å². The molecular weight excluding hydrogens is 408 g/mol. The van der Waals surface area contributed by atoms with Crippen molar-refractivity contribution in [3.63, 3.8) is 0 Å². The van der Waals surface area contributed by atoms with Gasteiger partial charge < -0.3 is 15.0 Å². The summed E-state index contributed by atoms with van der Waals surface area (Å²) in [6.07, 6.45) is 0.